The topological polar surface area (TPSA) is 52.6 Å². The lowest BCUT2D eigenvalue weighted by Gasteiger charge is -2.38. The van der Waals surface area contributed by atoms with Gasteiger partial charge in [0.05, 0.1) is 11.5 Å². The van der Waals surface area contributed by atoms with Crippen molar-refractivity contribution in [2.45, 2.75) is 45.6 Å². The van der Waals surface area contributed by atoms with E-state index in [1.165, 1.54) is 0 Å². The van der Waals surface area contributed by atoms with Crippen molar-refractivity contribution < 1.29 is 9.90 Å². The average Bonchev–Trinajstić information content (AvgIpc) is 2.35. The number of aliphatic hydroxyl groups excluding tert-OH is 1. The number of rotatable bonds is 5. The van der Waals surface area contributed by atoms with E-state index in [1.807, 2.05) is 7.05 Å². The molecule has 1 saturated heterocycles. The van der Waals surface area contributed by atoms with Crippen LogP contribution in [0.4, 0.5) is 0 Å². The number of nitrogens with zero attached hydrogens (tertiary/aromatic N) is 1. The zero-order valence-corrected chi connectivity index (χ0v) is 11.3. The predicted molar refractivity (Wildman–Crippen MR) is 68.8 cm³/mol. The van der Waals surface area contributed by atoms with Gasteiger partial charge in [-0.05, 0) is 39.2 Å². The van der Waals surface area contributed by atoms with Gasteiger partial charge in [0.2, 0.25) is 5.91 Å². The van der Waals surface area contributed by atoms with Crippen LogP contribution >= 0.6 is 0 Å². The fourth-order valence-electron chi connectivity index (χ4n) is 2.49. The van der Waals surface area contributed by atoms with Crippen LogP contribution in [0.15, 0.2) is 0 Å². The van der Waals surface area contributed by atoms with E-state index < -0.39 is 0 Å². The van der Waals surface area contributed by atoms with Gasteiger partial charge in [-0.15, -0.1) is 0 Å². The summed E-state index contributed by atoms with van der Waals surface area (Å²) in [6, 6.07) is 0. The third-order valence-electron chi connectivity index (χ3n) is 3.83. The molecule has 4 heteroatoms. The van der Waals surface area contributed by atoms with Gasteiger partial charge in [-0.1, -0.05) is 6.92 Å². The molecule has 17 heavy (non-hydrogen) atoms. The van der Waals surface area contributed by atoms with Crippen LogP contribution in [0.1, 0.15) is 39.5 Å². The Morgan fingerprint density at radius 3 is 2.76 bits per heavy atom. The maximum Gasteiger partial charge on any atom is 0.229 e. The van der Waals surface area contributed by atoms with Crippen LogP contribution in [0.25, 0.3) is 0 Å². The van der Waals surface area contributed by atoms with Crippen molar-refractivity contribution in [1.82, 2.24) is 10.2 Å². The Bertz CT molecular complexity index is 248. The SMILES string of the molecule is CCC1(C(=O)N(C)CCC(C)O)CCCNC1. The first-order chi connectivity index (χ1) is 8.02. The summed E-state index contributed by atoms with van der Waals surface area (Å²) in [5.74, 6) is 0.229. The lowest BCUT2D eigenvalue weighted by molar-refractivity contribution is -0.142. The molecule has 1 aliphatic heterocycles. The number of hydrogen-bond acceptors (Lipinski definition) is 3. The standard InChI is InChI=1S/C13H26N2O2/c1-4-13(7-5-8-14-10-13)12(17)15(3)9-6-11(2)16/h11,14,16H,4-10H2,1-3H3. The van der Waals surface area contributed by atoms with Gasteiger partial charge in [0.1, 0.15) is 0 Å². The molecule has 0 aromatic carbocycles. The number of aliphatic hydroxyl groups is 1. The highest BCUT2D eigenvalue weighted by Crippen LogP contribution is 2.32. The van der Waals surface area contributed by atoms with Crippen molar-refractivity contribution in [3.05, 3.63) is 0 Å². The first-order valence-corrected chi connectivity index (χ1v) is 6.66. The second-order valence-electron chi connectivity index (χ2n) is 5.28. The zero-order valence-electron chi connectivity index (χ0n) is 11.3. The fourth-order valence-corrected chi connectivity index (χ4v) is 2.49. The van der Waals surface area contributed by atoms with Crippen molar-refractivity contribution >= 4 is 5.91 Å². The van der Waals surface area contributed by atoms with Crippen LogP contribution in [-0.2, 0) is 4.79 Å². The molecule has 100 valence electrons. The van der Waals surface area contributed by atoms with Crippen LogP contribution in [0, 0.1) is 5.41 Å². The third kappa shape index (κ3) is 3.68. The van der Waals surface area contributed by atoms with Crippen molar-refractivity contribution in [2.75, 3.05) is 26.7 Å². The van der Waals surface area contributed by atoms with E-state index in [0.29, 0.717) is 13.0 Å². The summed E-state index contributed by atoms with van der Waals surface area (Å²) in [4.78, 5) is 14.2. The number of amides is 1. The van der Waals surface area contributed by atoms with Gasteiger partial charge in [-0.25, -0.2) is 0 Å². The van der Waals surface area contributed by atoms with Crippen molar-refractivity contribution in [3.8, 4) is 0 Å². The van der Waals surface area contributed by atoms with Crippen LogP contribution in [0.5, 0.6) is 0 Å². The van der Waals surface area contributed by atoms with E-state index in [4.69, 9.17) is 0 Å². The van der Waals surface area contributed by atoms with Gasteiger partial charge < -0.3 is 15.3 Å². The lowest BCUT2D eigenvalue weighted by atomic mass is 9.77. The Kier molecular flexibility index (Phi) is 5.40. The highest BCUT2D eigenvalue weighted by atomic mass is 16.3. The third-order valence-corrected chi connectivity index (χ3v) is 3.83. The summed E-state index contributed by atoms with van der Waals surface area (Å²) >= 11 is 0. The zero-order chi connectivity index (χ0) is 12.9. The number of carbonyl (C=O) groups excluding carboxylic acids is 1. The number of hydrogen-bond donors (Lipinski definition) is 2. The highest BCUT2D eigenvalue weighted by Gasteiger charge is 2.39. The maximum absolute atomic E-state index is 12.5. The predicted octanol–water partition coefficient (Wildman–Crippen LogP) is 0.995. The molecule has 0 aromatic rings. The number of nitrogens with one attached hydrogen (secondary N) is 1. The van der Waals surface area contributed by atoms with Gasteiger partial charge >= 0.3 is 0 Å². The van der Waals surface area contributed by atoms with Crippen LogP contribution < -0.4 is 5.32 Å². The molecule has 0 aromatic heterocycles. The summed E-state index contributed by atoms with van der Waals surface area (Å²) in [6.45, 7) is 6.30. The van der Waals surface area contributed by atoms with Crippen LogP contribution in [-0.4, -0.2) is 48.7 Å². The molecule has 1 rings (SSSR count). The number of piperidine rings is 1. The second kappa shape index (κ2) is 6.36. The monoisotopic (exact) mass is 242 g/mol. The molecule has 0 radical (unpaired) electrons. The molecule has 1 heterocycles. The molecule has 0 saturated carbocycles. The Labute approximate surface area is 104 Å². The Balaban J connectivity index is 2.58. The molecule has 0 bridgehead atoms. The molecular weight excluding hydrogens is 216 g/mol. The van der Waals surface area contributed by atoms with Crippen LogP contribution in [0.3, 0.4) is 0 Å². The minimum Gasteiger partial charge on any atom is -0.393 e. The molecule has 2 atom stereocenters. The minimum atomic E-state index is -0.340. The average molecular weight is 242 g/mol. The lowest BCUT2D eigenvalue weighted by Crippen LogP contribution is -2.51. The van der Waals surface area contributed by atoms with E-state index in [1.54, 1.807) is 11.8 Å². The Hall–Kier alpha value is -0.610. The Morgan fingerprint density at radius 1 is 1.59 bits per heavy atom. The molecule has 0 aliphatic carbocycles. The summed E-state index contributed by atoms with van der Waals surface area (Å²) in [5, 5.41) is 12.6. The van der Waals surface area contributed by atoms with Crippen molar-refractivity contribution in [2.24, 2.45) is 5.41 Å². The second-order valence-corrected chi connectivity index (χ2v) is 5.28. The van der Waals surface area contributed by atoms with E-state index in [2.05, 4.69) is 12.2 Å². The molecule has 2 N–H and O–H groups in total. The molecule has 2 unspecified atom stereocenters. The molecule has 1 aliphatic rings. The fraction of sp³-hybridized carbons (Fsp3) is 0.923. The molecule has 4 nitrogen and oxygen atoms in total. The van der Waals surface area contributed by atoms with Gasteiger partial charge in [0.25, 0.3) is 0 Å². The summed E-state index contributed by atoms with van der Waals surface area (Å²) in [5.41, 5.74) is -0.217. The van der Waals surface area contributed by atoms with Gasteiger partial charge in [-0.2, -0.15) is 0 Å². The van der Waals surface area contributed by atoms with Crippen molar-refractivity contribution in [3.63, 3.8) is 0 Å². The highest BCUT2D eigenvalue weighted by molar-refractivity contribution is 5.82. The summed E-state index contributed by atoms with van der Waals surface area (Å²) in [7, 11) is 1.84. The molecule has 1 fully saturated rings. The number of carbonyl (C=O) groups is 1. The molecular formula is C13H26N2O2. The van der Waals surface area contributed by atoms with E-state index >= 15 is 0 Å². The van der Waals surface area contributed by atoms with E-state index in [0.717, 1.165) is 32.4 Å². The molecule has 0 spiro atoms. The van der Waals surface area contributed by atoms with Crippen molar-refractivity contribution in [1.29, 1.82) is 0 Å². The summed E-state index contributed by atoms with van der Waals surface area (Å²) in [6.07, 6.45) is 3.25. The van der Waals surface area contributed by atoms with Crippen LogP contribution in [0.2, 0.25) is 0 Å². The van der Waals surface area contributed by atoms with Gasteiger partial charge in [-0.3, -0.25) is 4.79 Å². The first kappa shape index (κ1) is 14.5. The van der Waals surface area contributed by atoms with E-state index in [-0.39, 0.29) is 17.4 Å². The minimum absolute atomic E-state index is 0.217. The van der Waals surface area contributed by atoms with Gasteiger partial charge in [0, 0.05) is 20.1 Å². The molecule has 1 amide bonds. The quantitative estimate of drug-likeness (QED) is 0.756. The normalized spacial score (nSPS) is 26.6. The van der Waals surface area contributed by atoms with Gasteiger partial charge in [0.15, 0.2) is 0 Å². The summed E-state index contributed by atoms with van der Waals surface area (Å²) < 4.78 is 0. The van der Waals surface area contributed by atoms with E-state index in [9.17, 15) is 9.90 Å². The largest absolute Gasteiger partial charge is 0.393 e. The Morgan fingerprint density at radius 2 is 2.29 bits per heavy atom. The first-order valence-electron chi connectivity index (χ1n) is 6.66. The maximum atomic E-state index is 12.5. The smallest absolute Gasteiger partial charge is 0.229 e.